The Bertz CT molecular complexity index is 1230. The van der Waals surface area contributed by atoms with Crippen molar-refractivity contribution < 1.29 is 9.53 Å². The molecule has 1 aromatic heterocycles. The molecule has 3 heterocycles. The molecule has 0 radical (unpaired) electrons. The van der Waals surface area contributed by atoms with E-state index in [1.54, 1.807) is 20.4 Å². The van der Waals surface area contributed by atoms with Gasteiger partial charge in [-0.05, 0) is 55.6 Å². The van der Waals surface area contributed by atoms with Crippen LogP contribution in [-0.4, -0.2) is 104 Å². The lowest BCUT2D eigenvalue weighted by atomic mass is 10.0. The fraction of sp³-hybridized carbons (Fsp3) is 0.464. The number of ether oxygens (including phenoxy) is 1. The Morgan fingerprint density at radius 3 is 2.57 bits per heavy atom. The van der Waals surface area contributed by atoms with Gasteiger partial charge in [-0.3, -0.25) is 14.6 Å². The normalized spacial score (nSPS) is 18.1. The summed E-state index contributed by atoms with van der Waals surface area (Å²) in [7, 11) is 5.64. The van der Waals surface area contributed by atoms with E-state index in [4.69, 9.17) is 4.74 Å². The maximum Gasteiger partial charge on any atom is 0.238 e. The van der Waals surface area contributed by atoms with Crippen molar-refractivity contribution in [2.75, 3.05) is 77.7 Å². The summed E-state index contributed by atoms with van der Waals surface area (Å²) in [5, 5.41) is 8.12. The molecule has 2 fully saturated rings. The first-order valence-corrected chi connectivity index (χ1v) is 13.1. The number of likely N-dealkylation sites (tertiary alicyclic amines) is 1. The smallest absolute Gasteiger partial charge is 0.238 e. The molecule has 0 aliphatic carbocycles. The van der Waals surface area contributed by atoms with Crippen molar-refractivity contribution in [3.63, 3.8) is 0 Å². The lowest BCUT2D eigenvalue weighted by Gasteiger charge is -2.41. The van der Waals surface area contributed by atoms with E-state index in [0.717, 1.165) is 85.6 Å². The van der Waals surface area contributed by atoms with E-state index in [-0.39, 0.29) is 5.91 Å². The fourth-order valence-corrected chi connectivity index (χ4v) is 5.38. The lowest BCUT2D eigenvalue weighted by molar-refractivity contribution is -0.117. The summed E-state index contributed by atoms with van der Waals surface area (Å²) >= 11 is 0. The molecule has 196 valence electrons. The average molecular weight is 504 g/mol. The number of aromatic nitrogens is 2. The van der Waals surface area contributed by atoms with Crippen molar-refractivity contribution in [3.05, 3.63) is 42.6 Å². The Morgan fingerprint density at radius 2 is 1.84 bits per heavy atom. The highest BCUT2D eigenvalue weighted by molar-refractivity contribution is 6.05. The van der Waals surface area contributed by atoms with Crippen LogP contribution in [0.15, 0.2) is 42.6 Å². The van der Waals surface area contributed by atoms with E-state index in [0.29, 0.717) is 18.5 Å². The number of methoxy groups -OCH3 is 1. The third kappa shape index (κ3) is 6.01. The summed E-state index contributed by atoms with van der Waals surface area (Å²) in [6.07, 6.45) is 3.97. The van der Waals surface area contributed by atoms with Crippen LogP contribution < -0.4 is 15.4 Å². The first kappa shape index (κ1) is 25.4. The number of piperidine rings is 1. The summed E-state index contributed by atoms with van der Waals surface area (Å²) in [6, 6.07) is 12.5. The van der Waals surface area contributed by atoms with Crippen LogP contribution in [0.25, 0.3) is 22.0 Å². The second kappa shape index (κ2) is 11.4. The molecule has 1 amide bonds. The number of fused-ring (bicyclic) bond motifs is 1. The van der Waals surface area contributed by atoms with Gasteiger partial charge in [-0.25, -0.2) is 9.97 Å². The van der Waals surface area contributed by atoms with Gasteiger partial charge in [0, 0.05) is 75.2 Å². The van der Waals surface area contributed by atoms with Crippen LogP contribution in [0, 0.1) is 0 Å². The van der Waals surface area contributed by atoms with Crippen LogP contribution in [0.4, 0.5) is 11.6 Å². The van der Waals surface area contributed by atoms with Gasteiger partial charge in [0.1, 0.15) is 5.75 Å². The zero-order valence-corrected chi connectivity index (χ0v) is 22.0. The number of rotatable bonds is 7. The number of carbonyl (C=O) groups excluding carboxylic acids is 1. The Hall–Kier alpha value is -3.27. The first-order valence-electron chi connectivity index (χ1n) is 13.1. The molecule has 9 nitrogen and oxygen atoms in total. The summed E-state index contributed by atoms with van der Waals surface area (Å²) < 4.78 is 5.46. The van der Waals surface area contributed by atoms with Gasteiger partial charge in [0.25, 0.3) is 0 Å². The number of hydrogen-bond donors (Lipinski definition) is 2. The van der Waals surface area contributed by atoms with E-state index in [2.05, 4.69) is 48.4 Å². The van der Waals surface area contributed by atoms with Crippen LogP contribution >= 0.6 is 0 Å². The minimum absolute atomic E-state index is 0.00193. The second-order valence-electron chi connectivity index (χ2n) is 10.0. The van der Waals surface area contributed by atoms with Crippen molar-refractivity contribution in [2.24, 2.45) is 0 Å². The van der Waals surface area contributed by atoms with Crippen molar-refractivity contribution in [2.45, 2.75) is 18.9 Å². The molecule has 9 heteroatoms. The SMILES string of the molecule is CNc1nccc(-c2cc(NC(=O)CN3CCC(N4CCN(C)CC4)CC3)c3cc(OC)ccc3c2)n1. The molecule has 0 unspecified atom stereocenters. The topological polar surface area (TPSA) is 85.9 Å². The molecule has 5 rings (SSSR count). The number of piperazine rings is 1. The van der Waals surface area contributed by atoms with Gasteiger partial charge in [0.15, 0.2) is 0 Å². The molecular weight excluding hydrogens is 466 g/mol. The Kier molecular flexibility index (Phi) is 7.83. The quantitative estimate of drug-likeness (QED) is 0.509. The van der Waals surface area contributed by atoms with Crippen LogP contribution in [0.2, 0.25) is 0 Å². The van der Waals surface area contributed by atoms with Gasteiger partial charge in [0.2, 0.25) is 11.9 Å². The van der Waals surface area contributed by atoms with Crippen molar-refractivity contribution in [1.29, 1.82) is 0 Å². The zero-order chi connectivity index (χ0) is 25.8. The highest BCUT2D eigenvalue weighted by Gasteiger charge is 2.27. The number of nitrogens with zero attached hydrogens (tertiary/aromatic N) is 5. The van der Waals surface area contributed by atoms with Crippen molar-refractivity contribution in [3.8, 4) is 17.0 Å². The molecule has 2 N–H and O–H groups in total. The Morgan fingerprint density at radius 1 is 1.05 bits per heavy atom. The predicted octanol–water partition coefficient (Wildman–Crippen LogP) is 3.00. The molecule has 37 heavy (non-hydrogen) atoms. The largest absolute Gasteiger partial charge is 0.497 e. The highest BCUT2D eigenvalue weighted by Crippen LogP contribution is 2.33. The van der Waals surface area contributed by atoms with Crippen LogP contribution in [0.3, 0.4) is 0 Å². The molecule has 2 aliphatic rings. The van der Waals surface area contributed by atoms with Crippen LogP contribution in [-0.2, 0) is 4.79 Å². The fourth-order valence-electron chi connectivity index (χ4n) is 5.38. The third-order valence-electron chi connectivity index (χ3n) is 7.59. The number of anilines is 2. The van der Waals surface area contributed by atoms with Gasteiger partial charge in [-0.15, -0.1) is 0 Å². The number of amides is 1. The van der Waals surface area contributed by atoms with Gasteiger partial charge in [-0.2, -0.15) is 0 Å². The van der Waals surface area contributed by atoms with Crippen molar-refractivity contribution >= 4 is 28.3 Å². The zero-order valence-electron chi connectivity index (χ0n) is 22.0. The number of likely N-dealkylation sites (N-methyl/N-ethyl adjacent to an activating group) is 1. The predicted molar refractivity (Wildman–Crippen MR) is 148 cm³/mol. The molecule has 0 atom stereocenters. The highest BCUT2D eigenvalue weighted by atomic mass is 16.5. The van der Waals surface area contributed by atoms with E-state index >= 15 is 0 Å². The third-order valence-corrected chi connectivity index (χ3v) is 7.59. The standard InChI is InChI=1S/C28H37N7O2/c1-29-28-30-9-6-25(32-28)21-16-20-4-5-23(37-3)18-24(20)26(17-21)31-27(36)19-34-10-7-22(8-11-34)35-14-12-33(2)13-15-35/h4-6,9,16-18,22H,7-8,10-15,19H2,1-3H3,(H,31,36)(H,29,30,32). The van der Waals surface area contributed by atoms with Gasteiger partial charge in [-0.1, -0.05) is 6.07 Å². The minimum atomic E-state index is -0.00193. The number of carbonyl (C=O) groups is 1. The van der Waals surface area contributed by atoms with E-state index in [9.17, 15) is 4.79 Å². The molecule has 0 saturated carbocycles. The second-order valence-corrected chi connectivity index (χ2v) is 10.0. The maximum absolute atomic E-state index is 13.2. The van der Waals surface area contributed by atoms with Crippen LogP contribution in [0.1, 0.15) is 12.8 Å². The monoisotopic (exact) mass is 503 g/mol. The maximum atomic E-state index is 13.2. The Balaban J connectivity index is 1.30. The number of hydrogen-bond acceptors (Lipinski definition) is 8. The van der Waals surface area contributed by atoms with Gasteiger partial charge in [0.05, 0.1) is 19.3 Å². The van der Waals surface area contributed by atoms with Crippen LogP contribution in [0.5, 0.6) is 5.75 Å². The van der Waals surface area contributed by atoms with Crippen molar-refractivity contribution in [1.82, 2.24) is 24.7 Å². The average Bonchev–Trinajstić information content (AvgIpc) is 2.93. The lowest BCUT2D eigenvalue weighted by Crippen LogP contribution is -2.52. The molecule has 0 bridgehead atoms. The minimum Gasteiger partial charge on any atom is -0.497 e. The van der Waals surface area contributed by atoms with E-state index < -0.39 is 0 Å². The molecule has 2 aromatic carbocycles. The molecular formula is C28H37N7O2. The van der Waals surface area contributed by atoms with E-state index in [1.807, 2.05) is 30.3 Å². The summed E-state index contributed by atoms with van der Waals surface area (Å²) in [5.41, 5.74) is 2.46. The summed E-state index contributed by atoms with van der Waals surface area (Å²) in [6.45, 7) is 6.88. The molecule has 2 saturated heterocycles. The van der Waals surface area contributed by atoms with Gasteiger partial charge < -0.3 is 20.3 Å². The summed E-state index contributed by atoms with van der Waals surface area (Å²) in [5.74, 6) is 1.30. The van der Waals surface area contributed by atoms with Gasteiger partial charge >= 0.3 is 0 Å². The van der Waals surface area contributed by atoms with E-state index in [1.165, 1.54) is 0 Å². The summed E-state index contributed by atoms with van der Waals surface area (Å²) in [4.78, 5) is 29.3. The molecule has 3 aromatic rings. The first-order chi connectivity index (χ1) is 18.0. The Labute approximate surface area is 218 Å². The molecule has 0 spiro atoms. The molecule has 2 aliphatic heterocycles. The number of benzene rings is 2. The number of nitrogens with one attached hydrogen (secondary N) is 2.